The maximum absolute atomic E-state index is 12.1. The van der Waals surface area contributed by atoms with Gasteiger partial charge < -0.3 is 18.7 Å². The molecular formula is C23H25NO5. The lowest BCUT2D eigenvalue weighted by molar-refractivity contribution is -0.142. The topological polar surface area (TPSA) is 70.8 Å². The molecule has 3 rings (SSSR count). The lowest BCUT2D eigenvalue weighted by Crippen LogP contribution is -2.10. The van der Waals surface area contributed by atoms with Gasteiger partial charge in [0.15, 0.2) is 0 Å². The number of esters is 1. The summed E-state index contributed by atoms with van der Waals surface area (Å²) < 4.78 is 21.4. The summed E-state index contributed by atoms with van der Waals surface area (Å²) >= 11 is 0. The van der Waals surface area contributed by atoms with Crippen LogP contribution in [0, 0.1) is 13.8 Å². The zero-order chi connectivity index (χ0) is 20.6. The Hall–Kier alpha value is -3.28. The summed E-state index contributed by atoms with van der Waals surface area (Å²) in [5.74, 6) is 2.05. The van der Waals surface area contributed by atoms with Crippen LogP contribution in [-0.2, 0) is 29.0 Å². The molecule has 0 bridgehead atoms. The van der Waals surface area contributed by atoms with E-state index in [1.807, 2.05) is 62.4 Å². The average Bonchev–Trinajstić information content (AvgIpc) is 3.05. The molecule has 0 aliphatic heterocycles. The van der Waals surface area contributed by atoms with Crippen LogP contribution in [0.15, 0.2) is 53.1 Å². The van der Waals surface area contributed by atoms with Gasteiger partial charge in [-0.2, -0.15) is 0 Å². The van der Waals surface area contributed by atoms with Crippen LogP contribution in [-0.4, -0.2) is 24.8 Å². The number of rotatable bonds is 9. The van der Waals surface area contributed by atoms with Crippen LogP contribution >= 0.6 is 0 Å². The van der Waals surface area contributed by atoms with E-state index in [-0.39, 0.29) is 12.4 Å². The molecule has 6 nitrogen and oxygen atoms in total. The number of aromatic nitrogens is 1. The number of hydrogen-bond acceptors (Lipinski definition) is 6. The first-order valence-electron chi connectivity index (χ1n) is 9.47. The van der Waals surface area contributed by atoms with E-state index in [1.54, 1.807) is 7.11 Å². The highest BCUT2D eigenvalue weighted by Gasteiger charge is 2.10. The van der Waals surface area contributed by atoms with Crippen molar-refractivity contribution in [1.29, 1.82) is 0 Å². The zero-order valence-electron chi connectivity index (χ0n) is 16.9. The van der Waals surface area contributed by atoms with Gasteiger partial charge in [-0.05, 0) is 49.2 Å². The van der Waals surface area contributed by atoms with Crippen molar-refractivity contribution in [2.75, 3.05) is 13.7 Å². The quantitative estimate of drug-likeness (QED) is 0.506. The number of methoxy groups -OCH3 is 1. The van der Waals surface area contributed by atoms with E-state index in [9.17, 15) is 4.79 Å². The van der Waals surface area contributed by atoms with Crippen molar-refractivity contribution < 1.29 is 23.5 Å². The van der Waals surface area contributed by atoms with Crippen molar-refractivity contribution >= 4 is 5.97 Å². The number of aryl methyl sites for hydroxylation is 2. The molecule has 6 heteroatoms. The van der Waals surface area contributed by atoms with E-state index in [0.717, 1.165) is 39.6 Å². The fourth-order valence-electron chi connectivity index (χ4n) is 2.86. The van der Waals surface area contributed by atoms with Gasteiger partial charge in [-0.3, -0.25) is 4.79 Å². The number of carbonyl (C=O) groups is 1. The third kappa shape index (κ3) is 5.85. The van der Waals surface area contributed by atoms with Crippen molar-refractivity contribution in [3.05, 3.63) is 76.7 Å². The van der Waals surface area contributed by atoms with Crippen molar-refractivity contribution in [2.45, 2.75) is 33.3 Å². The molecule has 29 heavy (non-hydrogen) atoms. The second-order valence-electron chi connectivity index (χ2n) is 6.73. The van der Waals surface area contributed by atoms with E-state index in [1.165, 1.54) is 0 Å². The second-order valence-corrected chi connectivity index (χ2v) is 6.73. The Kier molecular flexibility index (Phi) is 6.89. The van der Waals surface area contributed by atoms with Gasteiger partial charge >= 0.3 is 5.97 Å². The number of nitrogens with zero attached hydrogens (tertiary/aromatic N) is 1. The highest BCUT2D eigenvalue weighted by atomic mass is 16.5. The van der Waals surface area contributed by atoms with Gasteiger partial charge in [-0.25, -0.2) is 0 Å². The Labute approximate surface area is 170 Å². The predicted molar refractivity (Wildman–Crippen MR) is 108 cm³/mol. The molecule has 0 amide bonds. The van der Waals surface area contributed by atoms with Crippen LogP contribution < -0.4 is 9.47 Å². The van der Waals surface area contributed by atoms with Gasteiger partial charge in [0.2, 0.25) is 0 Å². The molecule has 0 atom stereocenters. The molecule has 0 radical (unpaired) electrons. The van der Waals surface area contributed by atoms with Crippen molar-refractivity contribution in [1.82, 2.24) is 5.16 Å². The number of benzene rings is 2. The SMILES string of the molecule is COc1ccc(CCOC(=O)Cc2ccc(OCc3c(C)noc3C)cc2)cc1. The number of ether oxygens (including phenoxy) is 3. The Morgan fingerprint density at radius 1 is 0.966 bits per heavy atom. The second kappa shape index (κ2) is 9.78. The first-order valence-corrected chi connectivity index (χ1v) is 9.47. The highest BCUT2D eigenvalue weighted by Crippen LogP contribution is 2.18. The summed E-state index contributed by atoms with van der Waals surface area (Å²) in [6.07, 6.45) is 0.900. The van der Waals surface area contributed by atoms with Crippen LogP contribution in [0.4, 0.5) is 0 Å². The summed E-state index contributed by atoms with van der Waals surface area (Å²) in [4.78, 5) is 12.1. The molecule has 0 aliphatic carbocycles. The van der Waals surface area contributed by atoms with Crippen molar-refractivity contribution in [3.8, 4) is 11.5 Å². The summed E-state index contributed by atoms with van der Waals surface area (Å²) in [6.45, 7) is 4.50. The predicted octanol–water partition coefficient (Wildman–Crippen LogP) is 4.21. The summed E-state index contributed by atoms with van der Waals surface area (Å²) in [5, 5.41) is 3.91. The zero-order valence-corrected chi connectivity index (χ0v) is 16.9. The van der Waals surface area contributed by atoms with Gasteiger partial charge in [0.1, 0.15) is 23.9 Å². The molecule has 0 unspecified atom stereocenters. The largest absolute Gasteiger partial charge is 0.497 e. The lowest BCUT2D eigenvalue weighted by atomic mass is 10.1. The normalized spacial score (nSPS) is 10.6. The minimum Gasteiger partial charge on any atom is -0.497 e. The van der Waals surface area contributed by atoms with Gasteiger partial charge in [-0.15, -0.1) is 0 Å². The maximum Gasteiger partial charge on any atom is 0.310 e. The molecular weight excluding hydrogens is 370 g/mol. The lowest BCUT2D eigenvalue weighted by Gasteiger charge is -2.08. The van der Waals surface area contributed by atoms with Crippen molar-refractivity contribution in [3.63, 3.8) is 0 Å². The third-order valence-electron chi connectivity index (χ3n) is 4.65. The van der Waals surface area contributed by atoms with E-state index in [2.05, 4.69) is 5.16 Å². The minimum absolute atomic E-state index is 0.229. The number of carbonyl (C=O) groups excluding carboxylic acids is 1. The molecule has 1 aromatic heterocycles. The Bertz CT molecular complexity index is 909. The van der Waals surface area contributed by atoms with Gasteiger partial charge in [0, 0.05) is 6.42 Å². The van der Waals surface area contributed by atoms with Crippen LogP contribution in [0.2, 0.25) is 0 Å². The van der Waals surface area contributed by atoms with Crippen molar-refractivity contribution in [2.24, 2.45) is 0 Å². The molecule has 0 spiro atoms. The van der Waals surface area contributed by atoms with Crippen LogP contribution in [0.3, 0.4) is 0 Å². The molecule has 0 fully saturated rings. The third-order valence-corrected chi connectivity index (χ3v) is 4.65. The van der Waals surface area contributed by atoms with Gasteiger partial charge in [0.25, 0.3) is 0 Å². The first kappa shape index (κ1) is 20.5. The van der Waals surface area contributed by atoms with Crippen LogP contribution in [0.1, 0.15) is 28.1 Å². The van der Waals surface area contributed by atoms with E-state index in [4.69, 9.17) is 18.7 Å². The van der Waals surface area contributed by atoms with Gasteiger partial charge in [0.05, 0.1) is 31.4 Å². The molecule has 0 saturated carbocycles. The van der Waals surface area contributed by atoms with Gasteiger partial charge in [-0.1, -0.05) is 29.4 Å². The Morgan fingerprint density at radius 2 is 1.62 bits per heavy atom. The molecule has 152 valence electrons. The molecule has 0 N–H and O–H groups in total. The van der Waals surface area contributed by atoms with Crippen LogP contribution in [0.25, 0.3) is 0 Å². The summed E-state index contributed by atoms with van der Waals surface area (Å²) in [5.41, 5.74) is 3.76. The molecule has 3 aromatic rings. The molecule has 2 aromatic carbocycles. The standard InChI is InChI=1S/C23H25NO5/c1-16-22(17(2)29-24-16)15-28-21-10-6-19(7-11-21)14-23(25)27-13-12-18-4-8-20(26-3)9-5-18/h4-11H,12-15H2,1-3H3. The van der Waals surface area contributed by atoms with E-state index >= 15 is 0 Å². The molecule has 0 aliphatic rings. The Morgan fingerprint density at radius 3 is 2.24 bits per heavy atom. The van der Waals surface area contributed by atoms with Crippen LogP contribution in [0.5, 0.6) is 11.5 Å². The summed E-state index contributed by atoms with van der Waals surface area (Å²) in [7, 11) is 1.63. The smallest absolute Gasteiger partial charge is 0.310 e. The average molecular weight is 395 g/mol. The highest BCUT2D eigenvalue weighted by molar-refractivity contribution is 5.72. The van der Waals surface area contributed by atoms with E-state index < -0.39 is 0 Å². The monoisotopic (exact) mass is 395 g/mol. The summed E-state index contributed by atoms with van der Waals surface area (Å²) in [6, 6.07) is 15.2. The molecule has 1 heterocycles. The maximum atomic E-state index is 12.1. The fraction of sp³-hybridized carbons (Fsp3) is 0.304. The fourth-order valence-corrected chi connectivity index (χ4v) is 2.86. The van der Waals surface area contributed by atoms with E-state index in [0.29, 0.717) is 19.6 Å². The minimum atomic E-state index is -0.247. The Balaban J connectivity index is 1.42. The first-order chi connectivity index (χ1) is 14.0. The number of hydrogen-bond donors (Lipinski definition) is 0. The molecule has 0 saturated heterocycles.